The van der Waals surface area contributed by atoms with E-state index in [1.54, 1.807) is 0 Å². The molecule has 0 aromatic carbocycles. The molecule has 3 atom stereocenters. The molecular formula is C14H23N5OSi2. The van der Waals surface area contributed by atoms with E-state index in [4.69, 9.17) is 4.42 Å². The third kappa shape index (κ3) is 2.81. The predicted molar refractivity (Wildman–Crippen MR) is 89.5 cm³/mol. The molecule has 2 aromatic heterocycles. The zero-order valence-corrected chi connectivity index (χ0v) is 15.7. The molecule has 4 heterocycles. The van der Waals surface area contributed by atoms with Gasteiger partial charge in [-0.1, -0.05) is 38.9 Å². The number of hydrogen-bond donors (Lipinski definition) is 1. The van der Waals surface area contributed by atoms with Gasteiger partial charge in [-0.15, -0.1) is 10.2 Å². The van der Waals surface area contributed by atoms with Crippen LogP contribution in [-0.2, 0) is 0 Å². The van der Waals surface area contributed by atoms with E-state index in [-0.39, 0.29) is 0 Å². The van der Waals surface area contributed by atoms with Crippen molar-refractivity contribution in [3.8, 4) is 0 Å². The topological polar surface area (TPSA) is 80.5 Å². The van der Waals surface area contributed by atoms with Gasteiger partial charge >= 0.3 is 0 Å². The van der Waals surface area contributed by atoms with Crippen molar-refractivity contribution in [2.75, 3.05) is 0 Å². The SMILES string of the molecule is CC(C)c1n[nH]c([SiH]2CC2CC(C)c2nnc([SiH]3CC3)o2)n1. The summed E-state index contributed by atoms with van der Waals surface area (Å²) in [4.78, 5) is 4.69. The average molecular weight is 334 g/mol. The quantitative estimate of drug-likeness (QED) is 0.790. The van der Waals surface area contributed by atoms with Crippen molar-refractivity contribution in [1.29, 1.82) is 0 Å². The van der Waals surface area contributed by atoms with E-state index in [0.29, 0.717) is 11.8 Å². The standard InChI is InChI=1S/C14H23N5OSi2/c1-8(2)11-15-13(18-16-11)22-7-10(22)6-9(3)12-17-19-14(20-12)21-4-5-21/h8-10,21-22H,4-7H2,1-3H3,(H,15,16,18). The summed E-state index contributed by atoms with van der Waals surface area (Å²) in [6.45, 7) is 6.49. The Morgan fingerprint density at radius 2 is 2.09 bits per heavy atom. The van der Waals surface area contributed by atoms with Gasteiger partial charge in [0.05, 0.1) is 5.45 Å². The fourth-order valence-electron chi connectivity index (χ4n) is 3.05. The minimum Gasteiger partial charge on any atom is -0.430 e. The summed E-state index contributed by atoms with van der Waals surface area (Å²) >= 11 is 0. The molecular weight excluding hydrogens is 310 g/mol. The molecule has 1 N–H and O–H groups in total. The third-order valence-electron chi connectivity index (χ3n) is 4.77. The molecule has 0 spiro atoms. The number of hydrogen-bond acceptors (Lipinski definition) is 5. The van der Waals surface area contributed by atoms with Gasteiger partial charge in [0.1, 0.15) is 17.6 Å². The normalized spacial score (nSPS) is 25.6. The van der Waals surface area contributed by atoms with Crippen LogP contribution in [0.25, 0.3) is 0 Å². The molecule has 2 fully saturated rings. The molecule has 0 radical (unpaired) electrons. The van der Waals surface area contributed by atoms with Crippen LogP contribution in [0.3, 0.4) is 0 Å². The van der Waals surface area contributed by atoms with Crippen LogP contribution in [0.15, 0.2) is 4.42 Å². The van der Waals surface area contributed by atoms with Crippen molar-refractivity contribution in [3.63, 3.8) is 0 Å². The molecule has 2 aliphatic rings. The first-order valence-electron chi connectivity index (χ1n) is 8.37. The fourth-order valence-corrected chi connectivity index (χ4v) is 7.75. The number of rotatable bonds is 6. The molecule has 0 saturated carbocycles. The lowest BCUT2D eigenvalue weighted by Gasteiger charge is -2.05. The van der Waals surface area contributed by atoms with Crippen LogP contribution in [0, 0.1) is 0 Å². The molecule has 2 aliphatic heterocycles. The second-order valence-corrected chi connectivity index (χ2v) is 13.4. The van der Waals surface area contributed by atoms with Crippen molar-refractivity contribution in [1.82, 2.24) is 25.4 Å². The van der Waals surface area contributed by atoms with Crippen molar-refractivity contribution >= 4 is 28.6 Å². The summed E-state index contributed by atoms with van der Waals surface area (Å²) in [6, 6.07) is 4.02. The summed E-state index contributed by atoms with van der Waals surface area (Å²) in [7, 11) is -1.65. The molecule has 0 bridgehead atoms. The van der Waals surface area contributed by atoms with Gasteiger partial charge in [-0.25, -0.2) is 4.98 Å². The number of aromatic amines is 1. The van der Waals surface area contributed by atoms with Gasteiger partial charge in [-0.2, -0.15) is 5.10 Å². The van der Waals surface area contributed by atoms with E-state index in [2.05, 4.69) is 46.1 Å². The van der Waals surface area contributed by atoms with E-state index in [1.165, 1.54) is 23.6 Å². The number of nitrogens with zero attached hydrogens (tertiary/aromatic N) is 4. The first-order valence-corrected chi connectivity index (χ1v) is 12.6. The van der Waals surface area contributed by atoms with Gasteiger partial charge < -0.3 is 4.42 Å². The maximum Gasteiger partial charge on any atom is 0.218 e. The van der Waals surface area contributed by atoms with Crippen molar-refractivity contribution in [2.24, 2.45) is 0 Å². The van der Waals surface area contributed by atoms with E-state index in [1.807, 2.05) is 0 Å². The summed E-state index contributed by atoms with van der Waals surface area (Å²) < 4.78 is 5.89. The second kappa shape index (κ2) is 5.41. The van der Waals surface area contributed by atoms with Crippen molar-refractivity contribution < 1.29 is 4.42 Å². The highest BCUT2D eigenvalue weighted by Crippen LogP contribution is 2.43. The van der Waals surface area contributed by atoms with Crippen LogP contribution in [0.5, 0.6) is 0 Å². The number of H-pyrrole nitrogens is 1. The van der Waals surface area contributed by atoms with Gasteiger partial charge in [0.25, 0.3) is 0 Å². The predicted octanol–water partition coefficient (Wildman–Crippen LogP) is 0.770. The molecule has 8 heteroatoms. The summed E-state index contributed by atoms with van der Waals surface area (Å²) in [6.07, 6.45) is 1.16. The van der Waals surface area contributed by atoms with Crippen LogP contribution in [0.4, 0.5) is 0 Å². The molecule has 2 saturated heterocycles. The maximum absolute atomic E-state index is 5.89. The monoisotopic (exact) mass is 333 g/mol. The number of nitrogens with one attached hydrogen (secondary N) is 1. The van der Waals surface area contributed by atoms with E-state index in [9.17, 15) is 0 Å². The Hall–Kier alpha value is -1.29. The van der Waals surface area contributed by atoms with Gasteiger partial charge in [0, 0.05) is 11.8 Å². The maximum atomic E-state index is 5.89. The average Bonchev–Trinajstić information content (AvgIpc) is 3.37. The van der Waals surface area contributed by atoms with Crippen molar-refractivity contribution in [2.45, 2.75) is 62.7 Å². The lowest BCUT2D eigenvalue weighted by Crippen LogP contribution is -2.21. The summed E-state index contributed by atoms with van der Waals surface area (Å²) in [5.74, 6) is 2.59. The van der Waals surface area contributed by atoms with Crippen LogP contribution < -0.4 is 11.0 Å². The molecule has 3 unspecified atom stereocenters. The molecule has 6 nitrogen and oxygen atoms in total. The molecule has 118 valence electrons. The Balaban J connectivity index is 1.35. The van der Waals surface area contributed by atoms with Gasteiger partial charge in [-0.05, 0) is 12.0 Å². The van der Waals surface area contributed by atoms with Gasteiger partial charge in [0.15, 0.2) is 11.3 Å². The summed E-state index contributed by atoms with van der Waals surface area (Å²) in [5, 5.41) is 16.1. The lowest BCUT2D eigenvalue weighted by atomic mass is 10.1. The Labute approximate surface area is 133 Å². The second-order valence-electron chi connectivity index (χ2n) is 7.23. The minimum absolute atomic E-state index is 0.379. The Morgan fingerprint density at radius 3 is 2.77 bits per heavy atom. The molecule has 22 heavy (non-hydrogen) atoms. The highest BCUT2D eigenvalue weighted by atomic mass is 28.3. The van der Waals surface area contributed by atoms with Gasteiger partial charge in [-0.3, -0.25) is 5.10 Å². The van der Waals surface area contributed by atoms with Crippen molar-refractivity contribution in [3.05, 3.63) is 11.7 Å². The van der Waals surface area contributed by atoms with E-state index < -0.39 is 17.6 Å². The smallest absolute Gasteiger partial charge is 0.218 e. The highest BCUT2D eigenvalue weighted by Gasteiger charge is 2.44. The molecule has 4 rings (SSSR count). The first kappa shape index (κ1) is 14.3. The Bertz CT molecular complexity index is 666. The molecule has 0 amide bonds. The number of aromatic nitrogens is 5. The van der Waals surface area contributed by atoms with Crippen LogP contribution >= 0.6 is 0 Å². The molecule has 2 aromatic rings. The zero-order chi connectivity index (χ0) is 15.3. The highest BCUT2D eigenvalue weighted by molar-refractivity contribution is 6.83. The molecule has 0 aliphatic carbocycles. The minimum atomic E-state index is -0.905. The Morgan fingerprint density at radius 1 is 1.27 bits per heavy atom. The van der Waals surface area contributed by atoms with Crippen LogP contribution in [0.1, 0.15) is 50.7 Å². The van der Waals surface area contributed by atoms with Crippen LogP contribution in [0.2, 0.25) is 23.7 Å². The van der Waals surface area contributed by atoms with E-state index >= 15 is 0 Å². The third-order valence-corrected chi connectivity index (χ3v) is 9.94. The zero-order valence-electron chi connectivity index (χ0n) is 13.4. The fraction of sp³-hybridized carbons (Fsp3) is 0.714. The lowest BCUT2D eigenvalue weighted by molar-refractivity contribution is 0.465. The first-order chi connectivity index (χ1) is 10.6. The van der Waals surface area contributed by atoms with E-state index in [0.717, 1.165) is 29.2 Å². The Kier molecular flexibility index (Phi) is 3.52. The van der Waals surface area contributed by atoms with Gasteiger partial charge in [0.2, 0.25) is 5.89 Å². The van der Waals surface area contributed by atoms with Crippen LogP contribution in [-0.4, -0.2) is 43.0 Å². The largest absolute Gasteiger partial charge is 0.430 e. The summed E-state index contributed by atoms with van der Waals surface area (Å²) in [5.41, 5.74) is 2.98.